The zero-order valence-corrected chi connectivity index (χ0v) is 26.1. The summed E-state index contributed by atoms with van der Waals surface area (Å²) in [5.74, 6) is -1.41. The summed E-state index contributed by atoms with van der Waals surface area (Å²) >= 11 is 0. The molecule has 0 unspecified atom stereocenters. The first-order chi connectivity index (χ1) is 20.4. The summed E-state index contributed by atoms with van der Waals surface area (Å²) in [6.07, 6.45) is -7.31. The van der Waals surface area contributed by atoms with Crippen LogP contribution in [0, 0.1) is 28.6 Å². The molecule has 9 N–H and O–H groups in total. The van der Waals surface area contributed by atoms with Crippen molar-refractivity contribution in [1.29, 1.82) is 0 Å². The number of ether oxygens (including phenoxy) is 2. The van der Waals surface area contributed by atoms with Gasteiger partial charge < -0.3 is 55.4 Å². The quantitative estimate of drug-likeness (QED) is 0.163. The first-order valence-electron chi connectivity index (χ1n) is 16.1. The van der Waals surface area contributed by atoms with E-state index in [2.05, 4.69) is 0 Å². The Labute approximate surface area is 258 Å². The van der Waals surface area contributed by atoms with Gasteiger partial charge in [-0.05, 0) is 94.1 Å². The molecule has 3 saturated carbocycles. The molecule has 1 heterocycles. The van der Waals surface area contributed by atoms with Crippen LogP contribution in [0.25, 0.3) is 0 Å². The molecule has 0 aromatic rings. The van der Waals surface area contributed by atoms with Gasteiger partial charge in [-0.1, -0.05) is 13.8 Å². The Hall–Kier alpha value is -1.03. The number of rotatable bonds is 8. The molecule has 44 heavy (non-hydrogen) atoms. The molecule has 4 fully saturated rings. The molecule has 0 spiro atoms. The summed E-state index contributed by atoms with van der Waals surface area (Å²) in [5.41, 5.74) is -3.25. The van der Waals surface area contributed by atoms with E-state index in [9.17, 15) is 50.8 Å². The Morgan fingerprint density at radius 3 is 2.36 bits per heavy atom. The van der Waals surface area contributed by atoms with Crippen LogP contribution in [-0.4, -0.2) is 125 Å². The minimum absolute atomic E-state index is 0.107. The van der Waals surface area contributed by atoms with Crippen LogP contribution < -0.4 is 0 Å². The number of aliphatic hydroxyl groups excluding tert-OH is 7. The van der Waals surface area contributed by atoms with Gasteiger partial charge in [-0.2, -0.15) is 0 Å². The number of allylic oxidation sites excluding steroid dienone is 1. The Morgan fingerprint density at radius 1 is 1.05 bits per heavy atom. The second-order valence-electron chi connectivity index (χ2n) is 15.4. The van der Waals surface area contributed by atoms with Crippen LogP contribution in [0.3, 0.4) is 0 Å². The predicted octanol–water partition coefficient (Wildman–Crippen LogP) is -0.712. The van der Waals surface area contributed by atoms with Crippen LogP contribution in [0.1, 0.15) is 79.1 Å². The van der Waals surface area contributed by atoms with E-state index >= 15 is 0 Å². The maximum Gasteiger partial charge on any atom is 0.187 e. The number of carbonyl (C=O) groups excluding carboxylic acids is 1. The van der Waals surface area contributed by atoms with Gasteiger partial charge in [0.2, 0.25) is 0 Å². The van der Waals surface area contributed by atoms with E-state index < -0.39 is 95.6 Å². The summed E-state index contributed by atoms with van der Waals surface area (Å²) < 4.78 is 11.4. The summed E-state index contributed by atoms with van der Waals surface area (Å²) in [5, 5.41) is 96.1. The third kappa shape index (κ3) is 5.51. The number of ketones is 1. The van der Waals surface area contributed by atoms with Gasteiger partial charge in [0.1, 0.15) is 24.4 Å². The van der Waals surface area contributed by atoms with Gasteiger partial charge in [0.05, 0.1) is 42.2 Å². The van der Waals surface area contributed by atoms with E-state index in [1.807, 2.05) is 13.8 Å². The Morgan fingerprint density at radius 2 is 1.73 bits per heavy atom. The van der Waals surface area contributed by atoms with Crippen molar-refractivity contribution in [1.82, 2.24) is 0 Å². The topological polar surface area (TPSA) is 218 Å². The van der Waals surface area contributed by atoms with Gasteiger partial charge in [-0.25, -0.2) is 0 Å². The fourth-order valence-corrected chi connectivity index (χ4v) is 9.38. The molecule has 0 amide bonds. The van der Waals surface area contributed by atoms with Gasteiger partial charge in [-0.3, -0.25) is 4.79 Å². The molecule has 1 saturated heterocycles. The third-order valence-electron chi connectivity index (χ3n) is 12.2. The zero-order chi connectivity index (χ0) is 32.6. The van der Waals surface area contributed by atoms with E-state index in [1.165, 1.54) is 6.08 Å². The summed E-state index contributed by atoms with van der Waals surface area (Å²) in [6, 6.07) is 0. The highest BCUT2D eigenvalue weighted by Gasteiger charge is 2.67. The lowest BCUT2D eigenvalue weighted by atomic mass is 9.46. The first-order valence-corrected chi connectivity index (χ1v) is 16.1. The van der Waals surface area contributed by atoms with Crippen LogP contribution in [0.15, 0.2) is 11.6 Å². The van der Waals surface area contributed by atoms with Gasteiger partial charge >= 0.3 is 0 Å². The smallest absolute Gasteiger partial charge is 0.187 e. The fraction of sp³-hybridized carbons (Fsp3) is 0.906. The largest absolute Gasteiger partial charge is 0.394 e. The van der Waals surface area contributed by atoms with E-state index in [4.69, 9.17) is 9.47 Å². The van der Waals surface area contributed by atoms with Crippen molar-refractivity contribution in [3.63, 3.8) is 0 Å². The molecule has 4 aliphatic carbocycles. The van der Waals surface area contributed by atoms with Gasteiger partial charge in [0, 0.05) is 11.3 Å². The third-order valence-corrected chi connectivity index (χ3v) is 12.2. The Kier molecular flexibility index (Phi) is 9.27. The van der Waals surface area contributed by atoms with Gasteiger partial charge in [0.25, 0.3) is 0 Å². The molecule has 1 aliphatic heterocycles. The second kappa shape index (κ2) is 11.9. The Bertz CT molecular complexity index is 1110. The molecule has 5 aliphatic rings. The van der Waals surface area contributed by atoms with Crippen molar-refractivity contribution in [2.45, 2.75) is 145 Å². The molecule has 15 atom stereocenters. The van der Waals surface area contributed by atoms with Crippen LogP contribution in [0.2, 0.25) is 0 Å². The molecular weight excluding hydrogens is 576 g/mol. The lowest BCUT2D eigenvalue weighted by molar-refractivity contribution is -0.322. The SMILES string of the molecule is CC(C)(O)CC[C@@H](O)[C@H](O)[C@H]1CC[C@@]2(O)C3=CC(=O)[C@@H]4C[C@H](O[C@@H]5O[C@H](CO)[C@@H](O)[C@H](O)[C@H]5O)[C@@H](O)C[C@@]4(C)[C@H]3CC[C@@]12C. The number of carbonyl (C=O) groups is 1. The lowest BCUT2D eigenvalue weighted by Crippen LogP contribution is -2.63. The number of fused-ring (bicyclic) bond motifs is 5. The molecule has 0 aromatic heterocycles. The maximum absolute atomic E-state index is 13.8. The molecule has 0 aromatic carbocycles. The average Bonchev–Trinajstić information content (AvgIpc) is 3.23. The minimum Gasteiger partial charge on any atom is -0.394 e. The van der Waals surface area contributed by atoms with Gasteiger partial charge in [-0.15, -0.1) is 0 Å². The van der Waals surface area contributed by atoms with Crippen LogP contribution in [0.5, 0.6) is 0 Å². The predicted molar refractivity (Wildman–Crippen MR) is 155 cm³/mol. The second-order valence-corrected chi connectivity index (χ2v) is 15.4. The summed E-state index contributed by atoms with van der Waals surface area (Å²) in [4.78, 5) is 13.8. The highest BCUT2D eigenvalue weighted by Crippen LogP contribution is 2.67. The van der Waals surface area contributed by atoms with Crippen molar-refractivity contribution in [3.05, 3.63) is 11.6 Å². The summed E-state index contributed by atoms with van der Waals surface area (Å²) in [6.45, 7) is 6.55. The first kappa shape index (κ1) is 34.3. The van der Waals surface area contributed by atoms with Crippen LogP contribution >= 0.6 is 0 Å². The highest BCUT2D eigenvalue weighted by atomic mass is 16.7. The standard InChI is InChI=1S/C32H52O12/c1-29(2,41)8-7-19(34)24(37)16-6-10-32(42)17-11-20(35)18-12-22(43-28-27(40)26(39)25(38)23(14-33)44-28)21(36)13-30(18,3)15(17)5-9-31(16,32)4/h11,15-16,18-19,21-28,33-34,36-42H,5-10,12-14H2,1-4H3/t15-,16+,18-,19+,21-,22-,23+,24+,25+,26-,27+,28+,30-,31-,32+/m0/s1. The minimum atomic E-state index is -1.63. The van der Waals surface area contributed by atoms with Crippen molar-refractivity contribution in [3.8, 4) is 0 Å². The van der Waals surface area contributed by atoms with Crippen LogP contribution in [0.4, 0.5) is 0 Å². The molecule has 5 rings (SSSR count). The van der Waals surface area contributed by atoms with Crippen LogP contribution in [-0.2, 0) is 14.3 Å². The summed E-state index contributed by atoms with van der Waals surface area (Å²) in [7, 11) is 0. The molecule has 12 nitrogen and oxygen atoms in total. The van der Waals surface area contributed by atoms with E-state index in [1.54, 1.807) is 13.8 Å². The number of aliphatic hydroxyl groups is 9. The monoisotopic (exact) mass is 628 g/mol. The van der Waals surface area contributed by atoms with E-state index in [0.29, 0.717) is 37.7 Å². The molecule has 252 valence electrons. The average molecular weight is 629 g/mol. The normalized spacial score (nSPS) is 49.0. The van der Waals surface area contributed by atoms with Crippen molar-refractivity contribution in [2.75, 3.05) is 6.61 Å². The maximum atomic E-state index is 13.8. The van der Waals surface area contributed by atoms with Crippen molar-refractivity contribution in [2.24, 2.45) is 28.6 Å². The number of hydrogen-bond donors (Lipinski definition) is 9. The van der Waals surface area contributed by atoms with Gasteiger partial charge in [0.15, 0.2) is 12.1 Å². The lowest BCUT2D eigenvalue weighted by Gasteiger charge is -2.60. The Balaban J connectivity index is 1.35. The van der Waals surface area contributed by atoms with E-state index in [-0.39, 0.29) is 31.0 Å². The molecular formula is C32H52O12. The molecule has 0 radical (unpaired) electrons. The van der Waals surface area contributed by atoms with Crippen molar-refractivity contribution >= 4 is 5.78 Å². The zero-order valence-electron chi connectivity index (χ0n) is 26.1. The fourth-order valence-electron chi connectivity index (χ4n) is 9.38. The molecule has 0 bridgehead atoms. The number of hydrogen-bond acceptors (Lipinski definition) is 12. The van der Waals surface area contributed by atoms with E-state index in [0.717, 1.165) is 0 Å². The molecule has 12 heteroatoms. The van der Waals surface area contributed by atoms with Crippen molar-refractivity contribution < 1.29 is 60.2 Å². The highest BCUT2D eigenvalue weighted by molar-refractivity contribution is 5.95.